The Kier molecular flexibility index (Phi) is 5.26. The first-order valence-corrected chi connectivity index (χ1v) is 9.97. The Labute approximate surface area is 178 Å². The van der Waals surface area contributed by atoms with Crippen molar-refractivity contribution in [3.63, 3.8) is 0 Å². The molecule has 2 aromatic carbocycles. The molecule has 0 spiro atoms. The summed E-state index contributed by atoms with van der Waals surface area (Å²) in [7, 11) is 0. The molecule has 1 N–H and O–H groups in total. The van der Waals surface area contributed by atoms with Crippen LogP contribution in [-0.2, 0) is 20.8 Å². The van der Waals surface area contributed by atoms with Crippen LogP contribution in [0.25, 0.3) is 0 Å². The molecule has 154 valence electrons. The minimum absolute atomic E-state index is 0.210. The maximum Gasteiger partial charge on any atom is 0.263 e. The summed E-state index contributed by atoms with van der Waals surface area (Å²) in [6.07, 6.45) is 0.858. The van der Waals surface area contributed by atoms with Crippen molar-refractivity contribution in [3.8, 4) is 0 Å². The Morgan fingerprint density at radius 1 is 1.13 bits per heavy atom. The van der Waals surface area contributed by atoms with Crippen LogP contribution in [0.2, 0.25) is 5.02 Å². The number of imide groups is 1. The van der Waals surface area contributed by atoms with E-state index in [0.717, 1.165) is 22.4 Å². The van der Waals surface area contributed by atoms with Crippen molar-refractivity contribution < 1.29 is 14.4 Å². The SMILES string of the molecule is CCc1ccc(N2C(=O)[C@H]3N=NN(CC(=O)Nc4cc(Cl)ccc4C)[C@H]3C2=O)cc1. The zero-order valence-corrected chi connectivity index (χ0v) is 17.3. The van der Waals surface area contributed by atoms with Gasteiger partial charge >= 0.3 is 0 Å². The lowest BCUT2D eigenvalue weighted by atomic mass is 10.1. The quantitative estimate of drug-likeness (QED) is 0.744. The third-order valence-electron chi connectivity index (χ3n) is 5.24. The van der Waals surface area contributed by atoms with Gasteiger partial charge in [0, 0.05) is 10.7 Å². The van der Waals surface area contributed by atoms with Crippen molar-refractivity contribution in [2.75, 3.05) is 16.8 Å². The number of nitrogens with zero attached hydrogens (tertiary/aromatic N) is 4. The van der Waals surface area contributed by atoms with Crippen molar-refractivity contribution in [2.45, 2.75) is 32.4 Å². The zero-order chi connectivity index (χ0) is 21.4. The fraction of sp³-hybridized carbons (Fsp3) is 0.286. The first-order valence-electron chi connectivity index (χ1n) is 9.59. The molecule has 0 saturated carbocycles. The summed E-state index contributed by atoms with van der Waals surface area (Å²) in [6, 6.07) is 10.6. The van der Waals surface area contributed by atoms with Crippen LogP contribution in [0.4, 0.5) is 11.4 Å². The zero-order valence-electron chi connectivity index (χ0n) is 16.5. The number of aryl methyl sites for hydroxylation is 2. The first kappa shape index (κ1) is 20.0. The third kappa shape index (κ3) is 3.54. The number of amides is 3. The van der Waals surface area contributed by atoms with Gasteiger partial charge in [0.1, 0.15) is 6.54 Å². The summed E-state index contributed by atoms with van der Waals surface area (Å²) in [5, 5.41) is 12.4. The Balaban J connectivity index is 1.49. The van der Waals surface area contributed by atoms with Gasteiger partial charge < -0.3 is 5.32 Å². The van der Waals surface area contributed by atoms with Crippen LogP contribution < -0.4 is 10.2 Å². The van der Waals surface area contributed by atoms with E-state index in [0.29, 0.717) is 16.4 Å². The van der Waals surface area contributed by atoms with Crippen LogP contribution in [0.5, 0.6) is 0 Å². The molecule has 0 unspecified atom stereocenters. The number of halogens is 1. The normalized spacial score (nSPS) is 20.1. The van der Waals surface area contributed by atoms with Gasteiger partial charge in [0.05, 0.1) is 5.69 Å². The number of fused-ring (bicyclic) bond motifs is 1. The minimum atomic E-state index is -0.941. The van der Waals surface area contributed by atoms with Crippen molar-refractivity contribution in [1.29, 1.82) is 0 Å². The number of anilines is 2. The highest BCUT2D eigenvalue weighted by Gasteiger charge is 2.55. The van der Waals surface area contributed by atoms with Crippen LogP contribution >= 0.6 is 11.6 Å². The fourth-order valence-electron chi connectivity index (χ4n) is 3.55. The van der Waals surface area contributed by atoms with Crippen molar-refractivity contribution in [2.24, 2.45) is 10.3 Å². The summed E-state index contributed by atoms with van der Waals surface area (Å²) in [5.74, 6) is -1.26. The van der Waals surface area contributed by atoms with E-state index in [1.54, 1.807) is 30.3 Å². The summed E-state index contributed by atoms with van der Waals surface area (Å²) in [5.41, 5.74) is 3.02. The molecular formula is C21H20ClN5O3. The second-order valence-corrected chi connectivity index (χ2v) is 7.67. The summed E-state index contributed by atoms with van der Waals surface area (Å²) >= 11 is 5.99. The third-order valence-corrected chi connectivity index (χ3v) is 5.48. The van der Waals surface area contributed by atoms with E-state index in [1.165, 1.54) is 5.01 Å². The predicted molar refractivity (Wildman–Crippen MR) is 112 cm³/mol. The Morgan fingerprint density at radius 3 is 2.57 bits per heavy atom. The molecule has 9 heteroatoms. The average molecular weight is 426 g/mol. The van der Waals surface area contributed by atoms with E-state index >= 15 is 0 Å². The lowest BCUT2D eigenvalue weighted by Gasteiger charge is -2.20. The van der Waals surface area contributed by atoms with Gasteiger partial charge in [0.25, 0.3) is 11.8 Å². The van der Waals surface area contributed by atoms with Gasteiger partial charge in [-0.05, 0) is 48.7 Å². The second kappa shape index (κ2) is 7.87. The van der Waals surface area contributed by atoms with Gasteiger partial charge in [-0.3, -0.25) is 19.4 Å². The van der Waals surface area contributed by atoms with Gasteiger partial charge in [-0.15, -0.1) is 0 Å². The van der Waals surface area contributed by atoms with Gasteiger partial charge in [0.2, 0.25) is 5.91 Å². The molecular weight excluding hydrogens is 406 g/mol. The van der Waals surface area contributed by atoms with Crippen molar-refractivity contribution >= 4 is 40.7 Å². The molecule has 2 heterocycles. The summed E-state index contributed by atoms with van der Waals surface area (Å²) in [4.78, 5) is 39.4. The molecule has 2 atom stereocenters. The van der Waals surface area contributed by atoms with E-state index in [-0.39, 0.29) is 12.5 Å². The topological polar surface area (TPSA) is 94.4 Å². The molecule has 0 radical (unpaired) electrons. The van der Waals surface area contributed by atoms with Gasteiger partial charge in [0.15, 0.2) is 12.1 Å². The number of hydrogen-bond acceptors (Lipinski definition) is 6. The molecule has 2 aliphatic rings. The first-order chi connectivity index (χ1) is 14.4. The van der Waals surface area contributed by atoms with Crippen LogP contribution in [0.1, 0.15) is 18.1 Å². The highest BCUT2D eigenvalue weighted by molar-refractivity contribution is 6.31. The van der Waals surface area contributed by atoms with Crippen molar-refractivity contribution in [3.05, 3.63) is 58.6 Å². The highest BCUT2D eigenvalue weighted by Crippen LogP contribution is 2.32. The maximum absolute atomic E-state index is 13.0. The molecule has 2 aromatic rings. The Morgan fingerprint density at radius 2 is 1.87 bits per heavy atom. The lowest BCUT2D eigenvalue weighted by molar-refractivity contribution is -0.123. The number of rotatable bonds is 5. The number of nitrogens with one attached hydrogen (secondary N) is 1. The van der Waals surface area contributed by atoms with Crippen LogP contribution in [0.3, 0.4) is 0 Å². The second-order valence-electron chi connectivity index (χ2n) is 7.23. The van der Waals surface area contributed by atoms with Crippen LogP contribution in [0, 0.1) is 6.92 Å². The van der Waals surface area contributed by atoms with E-state index in [2.05, 4.69) is 15.7 Å². The molecule has 1 saturated heterocycles. The van der Waals surface area contributed by atoms with Crippen molar-refractivity contribution in [1.82, 2.24) is 5.01 Å². The Hall–Kier alpha value is -3.26. The molecule has 3 amide bonds. The van der Waals surface area contributed by atoms with Gasteiger partial charge in [-0.2, -0.15) is 5.11 Å². The molecule has 8 nitrogen and oxygen atoms in total. The molecule has 2 aliphatic heterocycles. The minimum Gasteiger partial charge on any atom is -0.324 e. The largest absolute Gasteiger partial charge is 0.324 e. The molecule has 0 aromatic heterocycles. The maximum atomic E-state index is 13.0. The van der Waals surface area contributed by atoms with E-state index < -0.39 is 23.9 Å². The molecule has 0 aliphatic carbocycles. The van der Waals surface area contributed by atoms with Gasteiger partial charge in [-0.1, -0.05) is 41.9 Å². The number of benzene rings is 2. The van der Waals surface area contributed by atoms with Crippen LogP contribution in [0.15, 0.2) is 52.8 Å². The average Bonchev–Trinajstić information content (AvgIpc) is 3.24. The van der Waals surface area contributed by atoms with E-state index in [4.69, 9.17) is 11.6 Å². The molecule has 1 fully saturated rings. The summed E-state index contributed by atoms with van der Waals surface area (Å²) in [6.45, 7) is 3.66. The van der Waals surface area contributed by atoms with E-state index in [1.807, 2.05) is 26.0 Å². The lowest BCUT2D eigenvalue weighted by Crippen LogP contribution is -2.43. The Bertz CT molecular complexity index is 1050. The smallest absolute Gasteiger partial charge is 0.263 e. The highest BCUT2D eigenvalue weighted by atomic mass is 35.5. The number of carbonyl (C=O) groups is 3. The van der Waals surface area contributed by atoms with Gasteiger partial charge in [-0.25, -0.2) is 4.90 Å². The molecule has 30 heavy (non-hydrogen) atoms. The number of carbonyl (C=O) groups excluding carboxylic acids is 3. The monoisotopic (exact) mass is 425 g/mol. The van der Waals surface area contributed by atoms with E-state index in [9.17, 15) is 14.4 Å². The fourth-order valence-corrected chi connectivity index (χ4v) is 3.73. The molecule has 4 rings (SSSR count). The standard InChI is InChI=1S/C21H20ClN5O3/c1-3-13-5-8-15(9-6-13)27-20(29)18-19(21(27)30)26(25-24-18)11-17(28)23-16-10-14(22)7-4-12(16)2/h4-10,18-19H,3,11H2,1-2H3,(H,23,28)/t18-,19+/m0/s1. The van der Waals surface area contributed by atoms with Crippen LogP contribution in [-0.4, -0.2) is 41.4 Å². The molecule has 0 bridgehead atoms. The predicted octanol–water partition coefficient (Wildman–Crippen LogP) is 3.14. The summed E-state index contributed by atoms with van der Waals surface area (Å²) < 4.78 is 0. The number of hydrogen-bond donors (Lipinski definition) is 1.